The molecule has 0 saturated carbocycles. The molecule has 0 unspecified atom stereocenters. The maximum atomic E-state index is 12.8. The molecule has 1 fully saturated rings. The van der Waals surface area contributed by atoms with Crippen molar-refractivity contribution in [2.45, 2.75) is 0 Å². The minimum absolute atomic E-state index is 0.186. The SMILES string of the molecule is Cn1cnc2cc(C(=O)Nc3cccc(Cl)c3N3CCOCC3)ccc21. The van der Waals surface area contributed by atoms with Crippen molar-refractivity contribution < 1.29 is 9.53 Å². The van der Waals surface area contributed by atoms with Gasteiger partial charge in [0, 0.05) is 25.7 Å². The summed E-state index contributed by atoms with van der Waals surface area (Å²) in [6.07, 6.45) is 1.74. The number of rotatable bonds is 3. The van der Waals surface area contributed by atoms with Crippen molar-refractivity contribution in [1.82, 2.24) is 9.55 Å². The zero-order valence-electron chi connectivity index (χ0n) is 14.4. The number of carbonyl (C=O) groups is 1. The Morgan fingerprint density at radius 2 is 2.04 bits per heavy atom. The number of nitrogens with one attached hydrogen (secondary N) is 1. The summed E-state index contributed by atoms with van der Waals surface area (Å²) in [5.41, 5.74) is 3.87. The summed E-state index contributed by atoms with van der Waals surface area (Å²) in [5, 5.41) is 3.61. The van der Waals surface area contributed by atoms with Crippen molar-refractivity contribution >= 4 is 39.9 Å². The monoisotopic (exact) mass is 370 g/mol. The summed E-state index contributed by atoms with van der Waals surface area (Å²) in [5.74, 6) is -0.186. The van der Waals surface area contributed by atoms with Crippen LogP contribution in [0.1, 0.15) is 10.4 Å². The van der Waals surface area contributed by atoms with Gasteiger partial charge in [-0.25, -0.2) is 4.98 Å². The van der Waals surface area contributed by atoms with Crippen LogP contribution in [0.5, 0.6) is 0 Å². The molecule has 0 spiro atoms. The Morgan fingerprint density at radius 1 is 1.23 bits per heavy atom. The number of para-hydroxylation sites is 1. The first kappa shape index (κ1) is 16.9. The highest BCUT2D eigenvalue weighted by Crippen LogP contribution is 2.34. The summed E-state index contributed by atoms with van der Waals surface area (Å²) in [6.45, 7) is 2.78. The van der Waals surface area contributed by atoms with Crippen LogP contribution in [-0.4, -0.2) is 41.8 Å². The van der Waals surface area contributed by atoms with E-state index >= 15 is 0 Å². The van der Waals surface area contributed by atoms with Crippen LogP contribution in [0.3, 0.4) is 0 Å². The number of morpholine rings is 1. The van der Waals surface area contributed by atoms with Gasteiger partial charge in [0.05, 0.1) is 47.0 Å². The van der Waals surface area contributed by atoms with Crippen LogP contribution in [-0.2, 0) is 11.8 Å². The first-order valence-corrected chi connectivity index (χ1v) is 8.85. The molecule has 26 heavy (non-hydrogen) atoms. The number of ether oxygens (including phenoxy) is 1. The predicted octanol–water partition coefficient (Wildman–Crippen LogP) is 3.32. The van der Waals surface area contributed by atoms with Crippen molar-refractivity contribution in [1.29, 1.82) is 0 Å². The smallest absolute Gasteiger partial charge is 0.255 e. The van der Waals surface area contributed by atoms with Gasteiger partial charge in [0.2, 0.25) is 0 Å². The van der Waals surface area contributed by atoms with E-state index < -0.39 is 0 Å². The molecular formula is C19H19ClN4O2. The Kier molecular flexibility index (Phi) is 4.53. The highest BCUT2D eigenvalue weighted by atomic mass is 35.5. The molecule has 3 aromatic rings. The molecule has 1 aliphatic rings. The Balaban J connectivity index is 1.63. The lowest BCUT2D eigenvalue weighted by atomic mass is 10.1. The van der Waals surface area contributed by atoms with Crippen molar-refractivity contribution in [3.8, 4) is 0 Å². The molecule has 4 rings (SSSR count). The topological polar surface area (TPSA) is 59.4 Å². The van der Waals surface area contributed by atoms with E-state index in [-0.39, 0.29) is 5.91 Å². The second-order valence-corrected chi connectivity index (χ2v) is 6.66. The molecule has 1 amide bonds. The third kappa shape index (κ3) is 3.13. The number of halogens is 1. The fourth-order valence-electron chi connectivity index (χ4n) is 3.20. The second-order valence-electron chi connectivity index (χ2n) is 6.25. The van der Waals surface area contributed by atoms with E-state index in [9.17, 15) is 4.79 Å². The average Bonchev–Trinajstić information content (AvgIpc) is 3.03. The lowest BCUT2D eigenvalue weighted by molar-refractivity contribution is 0.102. The number of aromatic nitrogens is 2. The highest BCUT2D eigenvalue weighted by molar-refractivity contribution is 6.34. The van der Waals surface area contributed by atoms with E-state index in [4.69, 9.17) is 16.3 Å². The van der Waals surface area contributed by atoms with Crippen molar-refractivity contribution in [2.75, 3.05) is 36.5 Å². The number of benzene rings is 2. The Labute approximate surface area is 156 Å². The van der Waals surface area contributed by atoms with E-state index in [0.29, 0.717) is 29.5 Å². The number of anilines is 2. The van der Waals surface area contributed by atoms with Gasteiger partial charge >= 0.3 is 0 Å². The van der Waals surface area contributed by atoms with Crippen LogP contribution < -0.4 is 10.2 Å². The number of nitrogens with zero attached hydrogens (tertiary/aromatic N) is 3. The first-order valence-electron chi connectivity index (χ1n) is 8.47. The third-order valence-corrected chi connectivity index (χ3v) is 4.85. The van der Waals surface area contributed by atoms with Crippen LogP contribution in [0.25, 0.3) is 11.0 Å². The fraction of sp³-hybridized carbons (Fsp3) is 0.263. The zero-order valence-corrected chi connectivity index (χ0v) is 15.2. The molecule has 2 aromatic carbocycles. The van der Waals surface area contributed by atoms with Crippen molar-refractivity contribution in [2.24, 2.45) is 7.05 Å². The minimum Gasteiger partial charge on any atom is -0.378 e. The summed E-state index contributed by atoms with van der Waals surface area (Å²) in [7, 11) is 1.93. The molecule has 134 valence electrons. The molecule has 1 saturated heterocycles. The quantitative estimate of drug-likeness (QED) is 0.768. The Morgan fingerprint density at radius 3 is 2.85 bits per heavy atom. The zero-order chi connectivity index (χ0) is 18.1. The number of carbonyl (C=O) groups excluding carboxylic acids is 1. The van der Waals surface area contributed by atoms with E-state index in [2.05, 4.69) is 15.2 Å². The lowest BCUT2D eigenvalue weighted by Crippen LogP contribution is -2.37. The number of imidazole rings is 1. The standard InChI is InChI=1S/C19H19ClN4O2/c1-23-12-21-16-11-13(5-6-17(16)23)19(25)22-15-4-2-3-14(20)18(15)24-7-9-26-10-8-24/h2-6,11-12H,7-10H2,1H3,(H,22,25). The van der Waals surface area contributed by atoms with Crippen LogP contribution in [0.4, 0.5) is 11.4 Å². The van der Waals surface area contributed by atoms with E-state index in [1.807, 2.05) is 35.9 Å². The summed E-state index contributed by atoms with van der Waals surface area (Å²) in [6, 6.07) is 11.0. The Bertz CT molecular complexity index is 963. The lowest BCUT2D eigenvalue weighted by Gasteiger charge is -2.31. The summed E-state index contributed by atoms with van der Waals surface area (Å²) < 4.78 is 7.33. The summed E-state index contributed by atoms with van der Waals surface area (Å²) >= 11 is 6.43. The van der Waals surface area contributed by atoms with Gasteiger partial charge in [-0.15, -0.1) is 0 Å². The van der Waals surface area contributed by atoms with Crippen LogP contribution in [0.15, 0.2) is 42.7 Å². The maximum Gasteiger partial charge on any atom is 0.255 e. The van der Waals surface area contributed by atoms with E-state index in [1.54, 1.807) is 18.5 Å². The van der Waals surface area contributed by atoms with Gasteiger partial charge in [-0.05, 0) is 30.3 Å². The largest absolute Gasteiger partial charge is 0.378 e. The molecule has 0 atom stereocenters. The molecular weight excluding hydrogens is 352 g/mol. The number of aryl methyl sites for hydroxylation is 1. The van der Waals surface area contributed by atoms with E-state index in [0.717, 1.165) is 29.8 Å². The van der Waals surface area contributed by atoms with Gasteiger partial charge in [-0.1, -0.05) is 17.7 Å². The predicted molar refractivity (Wildman–Crippen MR) is 103 cm³/mol. The molecule has 1 aromatic heterocycles. The highest BCUT2D eigenvalue weighted by Gasteiger charge is 2.19. The van der Waals surface area contributed by atoms with Crippen LogP contribution in [0.2, 0.25) is 5.02 Å². The number of hydrogen-bond donors (Lipinski definition) is 1. The van der Waals surface area contributed by atoms with E-state index in [1.165, 1.54) is 0 Å². The molecule has 0 aliphatic carbocycles. The van der Waals surface area contributed by atoms with Gasteiger partial charge < -0.3 is 19.5 Å². The minimum atomic E-state index is -0.186. The first-order chi connectivity index (χ1) is 12.6. The normalized spacial score (nSPS) is 14.6. The summed E-state index contributed by atoms with van der Waals surface area (Å²) in [4.78, 5) is 19.2. The average molecular weight is 371 g/mol. The third-order valence-electron chi connectivity index (χ3n) is 4.55. The number of fused-ring (bicyclic) bond motifs is 1. The molecule has 6 nitrogen and oxygen atoms in total. The second kappa shape index (κ2) is 6.97. The van der Waals surface area contributed by atoms with Gasteiger partial charge in [0.1, 0.15) is 0 Å². The molecule has 1 N–H and O–H groups in total. The van der Waals surface area contributed by atoms with Gasteiger partial charge in [0.15, 0.2) is 0 Å². The Hall–Kier alpha value is -2.57. The van der Waals surface area contributed by atoms with Crippen LogP contribution >= 0.6 is 11.6 Å². The molecule has 1 aliphatic heterocycles. The van der Waals surface area contributed by atoms with Crippen LogP contribution in [0, 0.1) is 0 Å². The molecule has 7 heteroatoms. The number of amides is 1. The van der Waals surface area contributed by atoms with Gasteiger partial charge in [-0.2, -0.15) is 0 Å². The van der Waals surface area contributed by atoms with Gasteiger partial charge in [-0.3, -0.25) is 4.79 Å². The molecule has 2 heterocycles. The van der Waals surface area contributed by atoms with Gasteiger partial charge in [0.25, 0.3) is 5.91 Å². The molecule has 0 bridgehead atoms. The van der Waals surface area contributed by atoms with Crippen molar-refractivity contribution in [3.05, 3.63) is 53.3 Å². The number of hydrogen-bond acceptors (Lipinski definition) is 4. The molecule has 0 radical (unpaired) electrons. The maximum absolute atomic E-state index is 12.8. The van der Waals surface area contributed by atoms with Crippen molar-refractivity contribution in [3.63, 3.8) is 0 Å². The fourth-order valence-corrected chi connectivity index (χ4v) is 3.49.